The van der Waals surface area contributed by atoms with Crippen LogP contribution in [-0.2, 0) is 6.54 Å². The number of fused-ring (bicyclic) bond motifs is 1. The fourth-order valence-corrected chi connectivity index (χ4v) is 4.04. The molecular formula is C16H26N4S. The van der Waals surface area contributed by atoms with Crippen molar-refractivity contribution < 1.29 is 0 Å². The van der Waals surface area contributed by atoms with Gasteiger partial charge in [0.1, 0.15) is 0 Å². The summed E-state index contributed by atoms with van der Waals surface area (Å²) in [7, 11) is 0. The molecule has 0 spiro atoms. The second kappa shape index (κ2) is 6.07. The number of hydrogen-bond acceptors (Lipinski definition) is 4. The summed E-state index contributed by atoms with van der Waals surface area (Å²) in [6.45, 7) is 10.2. The van der Waals surface area contributed by atoms with Crippen molar-refractivity contribution in [3.05, 3.63) is 23.5 Å². The van der Waals surface area contributed by atoms with Crippen molar-refractivity contribution in [2.45, 2.75) is 58.2 Å². The Morgan fingerprint density at radius 1 is 1.43 bits per heavy atom. The second-order valence-corrected chi connectivity index (χ2v) is 7.15. The Bertz CT molecular complexity index is 555. The molecule has 1 atom stereocenters. The van der Waals surface area contributed by atoms with Crippen LogP contribution >= 0.6 is 11.3 Å². The first-order chi connectivity index (χ1) is 10.2. The van der Waals surface area contributed by atoms with Crippen LogP contribution in [0.2, 0.25) is 0 Å². The van der Waals surface area contributed by atoms with E-state index in [2.05, 4.69) is 53.2 Å². The Balaban J connectivity index is 1.79. The van der Waals surface area contributed by atoms with Gasteiger partial charge in [0.15, 0.2) is 4.96 Å². The molecule has 0 saturated carbocycles. The van der Waals surface area contributed by atoms with E-state index in [1.807, 2.05) is 0 Å². The van der Waals surface area contributed by atoms with Gasteiger partial charge in [-0.05, 0) is 32.7 Å². The monoisotopic (exact) mass is 306 g/mol. The Morgan fingerprint density at radius 2 is 2.24 bits per heavy atom. The van der Waals surface area contributed by atoms with Gasteiger partial charge in [0.2, 0.25) is 0 Å². The molecule has 1 aliphatic heterocycles. The molecule has 1 fully saturated rings. The predicted octanol–water partition coefficient (Wildman–Crippen LogP) is 3.14. The van der Waals surface area contributed by atoms with Gasteiger partial charge in [-0.2, -0.15) is 0 Å². The third-order valence-electron chi connectivity index (χ3n) is 5.05. The fourth-order valence-electron chi connectivity index (χ4n) is 3.32. The molecule has 1 unspecified atom stereocenters. The quantitative estimate of drug-likeness (QED) is 0.942. The van der Waals surface area contributed by atoms with Crippen molar-refractivity contribution in [3.8, 4) is 0 Å². The number of imidazole rings is 1. The molecule has 2 aromatic heterocycles. The minimum absolute atomic E-state index is 0.266. The lowest BCUT2D eigenvalue weighted by Gasteiger charge is -2.36. The zero-order chi connectivity index (χ0) is 14.9. The van der Waals surface area contributed by atoms with Gasteiger partial charge in [0.05, 0.1) is 5.69 Å². The molecule has 0 bridgehead atoms. The van der Waals surface area contributed by atoms with Gasteiger partial charge in [0.25, 0.3) is 0 Å². The van der Waals surface area contributed by atoms with Crippen LogP contribution in [0.1, 0.15) is 45.7 Å². The smallest absolute Gasteiger partial charge is 0.193 e. The summed E-state index contributed by atoms with van der Waals surface area (Å²) in [5.41, 5.74) is 1.46. The molecule has 1 aliphatic rings. The molecule has 1 N–H and O–H groups in total. The van der Waals surface area contributed by atoms with Gasteiger partial charge in [-0.1, -0.05) is 13.8 Å². The lowest BCUT2D eigenvalue weighted by molar-refractivity contribution is 0.151. The zero-order valence-electron chi connectivity index (χ0n) is 13.3. The van der Waals surface area contributed by atoms with Gasteiger partial charge in [-0.25, -0.2) is 4.98 Å². The lowest BCUT2D eigenvalue weighted by Crippen LogP contribution is -2.51. The molecule has 21 heavy (non-hydrogen) atoms. The summed E-state index contributed by atoms with van der Waals surface area (Å²) < 4.78 is 2.13. The molecular weight excluding hydrogens is 280 g/mol. The molecule has 0 amide bonds. The van der Waals surface area contributed by atoms with Crippen LogP contribution in [0.4, 0.5) is 0 Å². The van der Waals surface area contributed by atoms with Crippen LogP contribution in [-0.4, -0.2) is 39.0 Å². The normalized spacial score (nSPS) is 23.5. The molecule has 0 aliphatic carbocycles. The van der Waals surface area contributed by atoms with Crippen LogP contribution in [0.15, 0.2) is 17.8 Å². The average Bonchev–Trinajstić information content (AvgIpc) is 3.01. The third-order valence-corrected chi connectivity index (χ3v) is 5.82. The Labute approximate surface area is 131 Å². The maximum Gasteiger partial charge on any atom is 0.193 e. The van der Waals surface area contributed by atoms with E-state index in [0.717, 1.165) is 24.6 Å². The molecule has 2 aromatic rings. The van der Waals surface area contributed by atoms with Crippen molar-refractivity contribution in [2.75, 3.05) is 13.1 Å². The first-order valence-corrected chi connectivity index (χ1v) is 8.94. The van der Waals surface area contributed by atoms with E-state index in [-0.39, 0.29) is 5.54 Å². The number of aromatic nitrogens is 2. The topological polar surface area (TPSA) is 32.6 Å². The highest BCUT2D eigenvalue weighted by molar-refractivity contribution is 7.15. The van der Waals surface area contributed by atoms with Gasteiger partial charge in [-0.15, -0.1) is 11.3 Å². The van der Waals surface area contributed by atoms with E-state index in [4.69, 9.17) is 4.98 Å². The van der Waals surface area contributed by atoms with Crippen LogP contribution in [0.3, 0.4) is 0 Å². The molecule has 3 heterocycles. The molecule has 5 heteroatoms. The summed E-state index contributed by atoms with van der Waals surface area (Å²) in [6, 6.07) is 0.609. The molecule has 0 radical (unpaired) electrons. The minimum atomic E-state index is 0.266. The predicted molar refractivity (Wildman–Crippen MR) is 88.9 cm³/mol. The van der Waals surface area contributed by atoms with E-state index < -0.39 is 0 Å². The zero-order valence-corrected chi connectivity index (χ0v) is 14.1. The molecule has 0 aromatic carbocycles. The van der Waals surface area contributed by atoms with Crippen molar-refractivity contribution >= 4 is 16.3 Å². The van der Waals surface area contributed by atoms with Crippen molar-refractivity contribution in [2.24, 2.45) is 0 Å². The largest absolute Gasteiger partial charge is 0.310 e. The van der Waals surface area contributed by atoms with E-state index in [9.17, 15) is 0 Å². The maximum atomic E-state index is 4.75. The third kappa shape index (κ3) is 3.00. The number of thiazole rings is 1. The van der Waals surface area contributed by atoms with Gasteiger partial charge < -0.3 is 5.32 Å². The van der Waals surface area contributed by atoms with E-state index in [1.165, 1.54) is 25.0 Å². The van der Waals surface area contributed by atoms with Crippen LogP contribution in [0.25, 0.3) is 4.96 Å². The highest BCUT2D eigenvalue weighted by atomic mass is 32.1. The average molecular weight is 306 g/mol. The summed E-state index contributed by atoms with van der Waals surface area (Å²) in [6.07, 6.45) is 7.85. The van der Waals surface area contributed by atoms with Crippen LogP contribution < -0.4 is 5.32 Å². The summed E-state index contributed by atoms with van der Waals surface area (Å²) in [5, 5.41) is 5.88. The van der Waals surface area contributed by atoms with Crippen molar-refractivity contribution in [1.82, 2.24) is 19.6 Å². The molecule has 4 nitrogen and oxygen atoms in total. The van der Waals surface area contributed by atoms with E-state index in [1.54, 1.807) is 11.3 Å². The standard InChI is InChI=1S/C16H26N4S/c1-4-16(5-2)12-20(13(3)6-7-17-16)11-14-10-19-8-9-21-15(19)18-14/h8-10,13,17H,4-7,11-12H2,1-3H3. The van der Waals surface area contributed by atoms with E-state index in [0.29, 0.717) is 6.04 Å². The number of rotatable bonds is 4. The van der Waals surface area contributed by atoms with Crippen molar-refractivity contribution in [3.63, 3.8) is 0 Å². The second-order valence-electron chi connectivity index (χ2n) is 6.28. The fraction of sp³-hybridized carbons (Fsp3) is 0.688. The molecule has 116 valence electrons. The Kier molecular flexibility index (Phi) is 4.33. The van der Waals surface area contributed by atoms with Gasteiger partial charge in [0, 0.05) is 42.4 Å². The maximum absolute atomic E-state index is 4.75. The SMILES string of the molecule is CCC1(CC)CN(Cc2cn3ccsc3n2)C(C)CCN1. The highest BCUT2D eigenvalue weighted by Crippen LogP contribution is 2.24. The Morgan fingerprint density at radius 3 is 2.95 bits per heavy atom. The lowest BCUT2D eigenvalue weighted by atomic mass is 9.92. The summed E-state index contributed by atoms with van der Waals surface area (Å²) >= 11 is 1.70. The number of nitrogens with zero attached hydrogens (tertiary/aromatic N) is 3. The minimum Gasteiger partial charge on any atom is -0.310 e. The van der Waals surface area contributed by atoms with Crippen LogP contribution in [0.5, 0.6) is 0 Å². The van der Waals surface area contributed by atoms with Crippen molar-refractivity contribution in [1.29, 1.82) is 0 Å². The number of hydrogen-bond donors (Lipinski definition) is 1. The summed E-state index contributed by atoms with van der Waals surface area (Å²) in [4.78, 5) is 8.46. The van der Waals surface area contributed by atoms with Gasteiger partial charge >= 0.3 is 0 Å². The first kappa shape index (κ1) is 15.0. The first-order valence-electron chi connectivity index (χ1n) is 8.06. The summed E-state index contributed by atoms with van der Waals surface area (Å²) in [5.74, 6) is 0. The van der Waals surface area contributed by atoms with Gasteiger partial charge in [-0.3, -0.25) is 9.30 Å². The molecule has 3 rings (SSSR count). The highest BCUT2D eigenvalue weighted by Gasteiger charge is 2.33. The number of nitrogens with one attached hydrogen (secondary N) is 1. The molecule has 1 saturated heterocycles. The van der Waals surface area contributed by atoms with Crippen LogP contribution in [0, 0.1) is 0 Å². The Hall–Kier alpha value is -0.910. The van der Waals surface area contributed by atoms with E-state index >= 15 is 0 Å².